The molecular weight excluding hydrogens is 460 g/mol. The van der Waals surface area contributed by atoms with Crippen molar-refractivity contribution in [2.75, 3.05) is 32.8 Å². The number of carbonyl (C=O) groups excluding carboxylic acids is 3. The van der Waals surface area contributed by atoms with Crippen LogP contribution < -0.4 is 15.4 Å². The minimum atomic E-state index is -0.493. The largest absolute Gasteiger partial charge is 0.493 e. The quantitative estimate of drug-likeness (QED) is 0.675. The molecule has 0 saturated carbocycles. The second kappa shape index (κ2) is 12.1. The third-order valence-electron chi connectivity index (χ3n) is 7.25. The highest BCUT2D eigenvalue weighted by molar-refractivity contribution is 5.97. The molecule has 9 heteroatoms. The second-order valence-corrected chi connectivity index (χ2v) is 9.81. The van der Waals surface area contributed by atoms with E-state index in [1.54, 1.807) is 18.3 Å². The third-order valence-corrected chi connectivity index (χ3v) is 7.25. The zero-order valence-corrected chi connectivity index (χ0v) is 21.0. The first kappa shape index (κ1) is 25.7. The fourth-order valence-corrected chi connectivity index (χ4v) is 5.00. The van der Waals surface area contributed by atoms with Gasteiger partial charge in [0.15, 0.2) is 0 Å². The summed E-state index contributed by atoms with van der Waals surface area (Å²) in [7, 11) is 0. The lowest BCUT2D eigenvalue weighted by Gasteiger charge is -2.41. The minimum Gasteiger partial charge on any atom is -0.493 e. The predicted molar refractivity (Wildman–Crippen MR) is 134 cm³/mol. The van der Waals surface area contributed by atoms with Crippen molar-refractivity contribution in [3.8, 4) is 5.75 Å². The van der Waals surface area contributed by atoms with Gasteiger partial charge >= 0.3 is 0 Å². The van der Waals surface area contributed by atoms with E-state index in [4.69, 9.17) is 9.26 Å². The first-order valence-corrected chi connectivity index (χ1v) is 12.9. The lowest BCUT2D eigenvalue weighted by Crippen LogP contribution is -2.50. The van der Waals surface area contributed by atoms with E-state index >= 15 is 0 Å². The Kier molecular flexibility index (Phi) is 8.61. The Bertz CT molecular complexity index is 1040. The van der Waals surface area contributed by atoms with Crippen LogP contribution in [0.5, 0.6) is 5.75 Å². The van der Waals surface area contributed by atoms with E-state index in [2.05, 4.69) is 15.8 Å². The highest BCUT2D eigenvalue weighted by Crippen LogP contribution is 2.37. The Morgan fingerprint density at radius 1 is 1.06 bits per heavy atom. The van der Waals surface area contributed by atoms with Gasteiger partial charge in [-0.1, -0.05) is 17.6 Å². The van der Waals surface area contributed by atoms with Crippen molar-refractivity contribution in [2.24, 2.45) is 5.41 Å². The lowest BCUT2D eigenvalue weighted by molar-refractivity contribution is -0.141. The van der Waals surface area contributed by atoms with Gasteiger partial charge in [-0.15, -0.1) is 0 Å². The van der Waals surface area contributed by atoms with Gasteiger partial charge in [0, 0.05) is 45.1 Å². The predicted octanol–water partition coefficient (Wildman–Crippen LogP) is 3.02. The van der Waals surface area contributed by atoms with Gasteiger partial charge < -0.3 is 24.8 Å². The zero-order valence-electron chi connectivity index (χ0n) is 21.0. The molecule has 0 radical (unpaired) electrons. The van der Waals surface area contributed by atoms with Gasteiger partial charge in [-0.25, -0.2) is 0 Å². The van der Waals surface area contributed by atoms with Gasteiger partial charge in [-0.2, -0.15) is 0 Å². The normalized spacial score (nSPS) is 19.3. The number of rotatable bonds is 3. The first-order valence-electron chi connectivity index (χ1n) is 12.9. The molecule has 0 atom stereocenters. The van der Waals surface area contributed by atoms with E-state index in [9.17, 15) is 14.4 Å². The highest BCUT2D eigenvalue weighted by atomic mass is 16.5. The fraction of sp³-hybridized carbons (Fsp3) is 0.556. The smallest absolute Gasteiger partial charge is 0.255 e. The van der Waals surface area contributed by atoms with Crippen molar-refractivity contribution >= 4 is 17.7 Å². The number of fused-ring (bicyclic) bond motifs is 1. The van der Waals surface area contributed by atoms with Crippen molar-refractivity contribution < 1.29 is 23.6 Å². The topological polar surface area (TPSA) is 114 Å². The molecule has 2 aromatic rings. The summed E-state index contributed by atoms with van der Waals surface area (Å²) in [6.07, 6.45) is 6.74. The molecule has 2 N–H and O–H groups in total. The number of amides is 3. The monoisotopic (exact) mass is 496 g/mol. The molecule has 2 aliphatic heterocycles. The summed E-state index contributed by atoms with van der Waals surface area (Å²) in [6.45, 7) is 4.55. The lowest BCUT2D eigenvalue weighted by atomic mass is 9.73. The van der Waals surface area contributed by atoms with Crippen LogP contribution in [-0.4, -0.2) is 60.6 Å². The van der Waals surface area contributed by atoms with Gasteiger partial charge in [-0.3, -0.25) is 14.4 Å². The summed E-state index contributed by atoms with van der Waals surface area (Å²) in [5.41, 5.74) is 1.07. The van der Waals surface area contributed by atoms with Crippen molar-refractivity contribution in [1.82, 2.24) is 20.7 Å². The van der Waals surface area contributed by atoms with Crippen LogP contribution in [0.4, 0.5) is 0 Å². The Hall–Kier alpha value is -3.36. The van der Waals surface area contributed by atoms with Crippen LogP contribution in [0.2, 0.25) is 0 Å². The van der Waals surface area contributed by atoms with E-state index in [1.807, 2.05) is 24.0 Å². The first-order chi connectivity index (χ1) is 17.5. The number of hydrogen-bond donors (Lipinski definition) is 2. The molecule has 0 bridgehead atoms. The van der Waals surface area contributed by atoms with Crippen LogP contribution >= 0.6 is 0 Å². The summed E-state index contributed by atoms with van der Waals surface area (Å²) in [4.78, 5) is 40.6. The van der Waals surface area contributed by atoms with E-state index in [0.29, 0.717) is 82.0 Å². The number of carbonyl (C=O) groups is 3. The van der Waals surface area contributed by atoms with Crippen LogP contribution in [0.1, 0.15) is 66.6 Å². The van der Waals surface area contributed by atoms with Crippen molar-refractivity contribution in [3.05, 3.63) is 47.3 Å². The molecule has 2 aliphatic rings. The number of aryl methyl sites for hydroxylation is 2. The molecule has 3 amide bonds. The molecule has 36 heavy (non-hydrogen) atoms. The van der Waals surface area contributed by atoms with Crippen LogP contribution in [-0.2, 0) is 16.0 Å². The highest BCUT2D eigenvalue weighted by Gasteiger charge is 2.41. The number of nitrogens with one attached hydrogen (secondary N) is 2. The summed E-state index contributed by atoms with van der Waals surface area (Å²) in [6, 6.07) is 7.36. The number of piperidine rings is 1. The standard InChI is InChI=1S/C27H36N4O5/c1-20-5-7-22-23(19-20)35-18-4-14-29-26(34)27(10-2-3-13-28-25(22)33)11-16-31(17-12-27)24(32)8-6-21-9-15-30-36-21/h5,7,9,15,19H,2-4,6,8,10-14,16-18H2,1H3,(H,28,33)(H,29,34). The number of nitrogens with zero attached hydrogens (tertiary/aromatic N) is 2. The van der Waals surface area contributed by atoms with Crippen molar-refractivity contribution in [1.29, 1.82) is 0 Å². The zero-order chi connectivity index (χ0) is 25.4. The average Bonchev–Trinajstić information content (AvgIpc) is 3.40. The van der Waals surface area contributed by atoms with Gasteiger partial charge in [0.25, 0.3) is 5.91 Å². The summed E-state index contributed by atoms with van der Waals surface area (Å²) < 4.78 is 11.0. The summed E-state index contributed by atoms with van der Waals surface area (Å²) >= 11 is 0. The Balaban J connectivity index is 1.35. The van der Waals surface area contributed by atoms with Gasteiger partial charge in [0.1, 0.15) is 11.5 Å². The summed E-state index contributed by atoms with van der Waals surface area (Å²) in [5.74, 6) is 1.28. The van der Waals surface area contributed by atoms with Crippen molar-refractivity contribution in [2.45, 2.75) is 58.3 Å². The van der Waals surface area contributed by atoms with Gasteiger partial charge in [-0.05, 0) is 56.7 Å². The van der Waals surface area contributed by atoms with Gasteiger partial charge in [0.2, 0.25) is 11.8 Å². The molecular formula is C27H36N4O5. The molecule has 4 rings (SSSR count). The minimum absolute atomic E-state index is 0.0615. The maximum absolute atomic E-state index is 13.3. The molecule has 1 fully saturated rings. The number of hydrogen-bond acceptors (Lipinski definition) is 6. The Morgan fingerprint density at radius 2 is 1.86 bits per heavy atom. The van der Waals surface area contributed by atoms with E-state index < -0.39 is 5.41 Å². The number of ether oxygens (including phenoxy) is 1. The van der Waals surface area contributed by atoms with E-state index in [-0.39, 0.29) is 17.7 Å². The SMILES string of the molecule is Cc1ccc2c(c1)OCCCNC(=O)C1(CCCCNC2=O)CCN(C(=O)CCc2ccno2)CC1. The van der Waals surface area contributed by atoms with E-state index in [0.717, 1.165) is 24.8 Å². The van der Waals surface area contributed by atoms with E-state index in [1.165, 1.54) is 0 Å². The number of benzene rings is 1. The Morgan fingerprint density at radius 3 is 2.64 bits per heavy atom. The second-order valence-electron chi connectivity index (χ2n) is 9.81. The molecule has 194 valence electrons. The number of likely N-dealkylation sites (tertiary alicyclic amines) is 1. The van der Waals surface area contributed by atoms with Crippen molar-refractivity contribution in [3.63, 3.8) is 0 Å². The third kappa shape index (κ3) is 6.44. The fourth-order valence-electron chi connectivity index (χ4n) is 5.00. The number of aromatic nitrogens is 1. The molecule has 3 heterocycles. The molecule has 9 nitrogen and oxygen atoms in total. The Labute approximate surface area is 211 Å². The molecule has 1 aromatic heterocycles. The van der Waals surface area contributed by atoms with Gasteiger partial charge in [0.05, 0.1) is 23.8 Å². The van der Waals surface area contributed by atoms with Crippen LogP contribution in [0, 0.1) is 12.3 Å². The molecule has 1 aromatic carbocycles. The molecule has 1 saturated heterocycles. The average molecular weight is 497 g/mol. The van der Waals surface area contributed by atoms with Crippen LogP contribution in [0.25, 0.3) is 0 Å². The maximum Gasteiger partial charge on any atom is 0.255 e. The molecule has 0 aliphatic carbocycles. The van der Waals surface area contributed by atoms with Crippen LogP contribution in [0.15, 0.2) is 35.0 Å². The molecule has 0 unspecified atom stereocenters. The van der Waals surface area contributed by atoms with Crippen LogP contribution in [0.3, 0.4) is 0 Å². The maximum atomic E-state index is 13.3. The molecule has 1 spiro atoms. The summed E-state index contributed by atoms with van der Waals surface area (Å²) in [5, 5.41) is 9.79.